The number of likely N-dealkylation sites (N-methyl/N-ethyl adjacent to an activating group) is 1. The third-order valence-corrected chi connectivity index (χ3v) is 6.40. The Bertz CT molecular complexity index is 1280. The van der Waals surface area contributed by atoms with Crippen molar-refractivity contribution in [3.05, 3.63) is 56.7 Å². The van der Waals surface area contributed by atoms with E-state index in [4.69, 9.17) is 20.7 Å². The first-order valence-corrected chi connectivity index (χ1v) is 11.1. The summed E-state index contributed by atoms with van der Waals surface area (Å²) in [4.78, 5) is 14.8. The van der Waals surface area contributed by atoms with Gasteiger partial charge in [0.25, 0.3) is 0 Å². The second kappa shape index (κ2) is 10.6. The number of rotatable bonds is 4. The van der Waals surface area contributed by atoms with Crippen molar-refractivity contribution in [3.63, 3.8) is 0 Å². The molecule has 0 spiro atoms. The average molecular weight is 536 g/mol. The van der Waals surface area contributed by atoms with Crippen molar-refractivity contribution in [2.24, 2.45) is 0 Å². The number of fused-ring (bicyclic) bond motifs is 1. The van der Waals surface area contributed by atoms with Gasteiger partial charge in [-0.15, -0.1) is 0 Å². The molecule has 1 aliphatic heterocycles. The van der Waals surface area contributed by atoms with Crippen molar-refractivity contribution < 1.29 is 37.6 Å². The van der Waals surface area contributed by atoms with Gasteiger partial charge in [0, 0.05) is 35.2 Å². The average Bonchev–Trinajstić information content (AvgIpc) is 3.13. The van der Waals surface area contributed by atoms with Crippen LogP contribution in [-0.2, 0) is 6.42 Å². The minimum atomic E-state index is -4.40. The fourth-order valence-electron chi connectivity index (χ4n) is 4.52. The summed E-state index contributed by atoms with van der Waals surface area (Å²) < 4.78 is 50.6. The van der Waals surface area contributed by atoms with Crippen molar-refractivity contribution in [2.45, 2.75) is 31.0 Å². The number of hydrogen-bond acceptors (Lipinski definition) is 7. The molecule has 0 saturated carbocycles. The molecule has 1 aromatic heterocycles. The van der Waals surface area contributed by atoms with Gasteiger partial charge in [-0.25, -0.2) is 0 Å². The lowest BCUT2D eigenvalue weighted by molar-refractivity contribution is -0.127. The first-order chi connectivity index (χ1) is 16.5. The Kier molecular flexibility index (Phi) is 8.23. The highest BCUT2D eigenvalue weighted by Gasteiger charge is 2.36. The maximum atomic E-state index is 12.9. The number of likely N-dealkylation sites (tertiary alicyclic amines) is 1. The SMILES string of the molecule is CN1CCC(c2c(O)cc(O)c3c(=O)cc(-c4ccc(CC(F)(F)F)cc4Cl)oc23)C1CO.OCl. The molecule has 0 bridgehead atoms. The lowest BCUT2D eigenvalue weighted by atomic mass is 9.89. The second-order valence-corrected chi connectivity index (χ2v) is 8.65. The largest absolute Gasteiger partial charge is 0.507 e. The zero-order chi connectivity index (χ0) is 26.1. The Hall–Kier alpha value is -2.50. The quantitative estimate of drug-likeness (QED) is 0.387. The Morgan fingerprint density at radius 1 is 1.14 bits per heavy atom. The number of phenols is 2. The van der Waals surface area contributed by atoms with Gasteiger partial charge in [0.2, 0.25) is 0 Å². The van der Waals surface area contributed by atoms with Crippen LogP contribution in [0.5, 0.6) is 11.5 Å². The molecule has 2 unspecified atom stereocenters. The number of phenolic OH excluding ortho intramolecular Hbond substituents is 2. The lowest BCUT2D eigenvalue weighted by Gasteiger charge is -2.24. The predicted molar refractivity (Wildman–Crippen MR) is 125 cm³/mol. The van der Waals surface area contributed by atoms with E-state index in [1.807, 2.05) is 11.9 Å². The van der Waals surface area contributed by atoms with Crippen molar-refractivity contribution >= 4 is 34.4 Å². The molecular weight excluding hydrogens is 514 g/mol. The summed E-state index contributed by atoms with van der Waals surface area (Å²) in [5.74, 6) is -1.16. The summed E-state index contributed by atoms with van der Waals surface area (Å²) in [7, 11) is 1.82. The second-order valence-electron chi connectivity index (χ2n) is 8.24. The Labute approximate surface area is 207 Å². The van der Waals surface area contributed by atoms with Crippen molar-refractivity contribution in [2.75, 3.05) is 20.2 Å². The molecule has 3 aromatic rings. The van der Waals surface area contributed by atoms with Crippen LogP contribution in [0.25, 0.3) is 22.3 Å². The van der Waals surface area contributed by atoms with Crippen molar-refractivity contribution in [1.29, 1.82) is 0 Å². The van der Waals surface area contributed by atoms with Gasteiger partial charge in [0.1, 0.15) is 28.2 Å². The van der Waals surface area contributed by atoms with Crippen LogP contribution in [0.1, 0.15) is 23.5 Å². The summed E-state index contributed by atoms with van der Waals surface area (Å²) >= 11 is 9.86. The Morgan fingerprint density at radius 2 is 1.83 bits per heavy atom. The zero-order valence-corrected chi connectivity index (χ0v) is 19.8. The molecule has 2 heterocycles. The number of aromatic hydroxyl groups is 2. The first-order valence-electron chi connectivity index (χ1n) is 10.4. The summed E-state index contributed by atoms with van der Waals surface area (Å²) in [5.41, 5.74) is -0.237. The van der Waals surface area contributed by atoms with Gasteiger partial charge < -0.3 is 24.6 Å². The van der Waals surface area contributed by atoms with Crippen LogP contribution >= 0.6 is 23.5 Å². The molecule has 4 N–H and O–H groups in total. The van der Waals surface area contributed by atoms with Gasteiger partial charge in [-0.05, 0) is 37.7 Å². The Balaban J connectivity index is 0.00000167. The summed E-state index contributed by atoms with van der Waals surface area (Å²) in [6, 6.07) is 5.55. The van der Waals surface area contributed by atoms with Gasteiger partial charge >= 0.3 is 6.18 Å². The van der Waals surface area contributed by atoms with Crippen molar-refractivity contribution in [1.82, 2.24) is 4.90 Å². The van der Waals surface area contributed by atoms with Gasteiger partial charge in [0.05, 0.1) is 29.9 Å². The molecule has 190 valence electrons. The molecular formula is C23H22Cl2F3NO6. The van der Waals surface area contributed by atoms with Crippen molar-refractivity contribution in [3.8, 4) is 22.8 Å². The van der Waals surface area contributed by atoms with E-state index >= 15 is 0 Å². The maximum Gasteiger partial charge on any atom is 0.393 e. The third-order valence-electron chi connectivity index (χ3n) is 6.08. The molecule has 0 aliphatic carbocycles. The minimum Gasteiger partial charge on any atom is -0.507 e. The fraction of sp³-hybridized carbons (Fsp3) is 0.348. The molecule has 35 heavy (non-hydrogen) atoms. The van der Waals surface area contributed by atoms with E-state index in [9.17, 15) is 33.3 Å². The molecule has 0 radical (unpaired) electrons. The Morgan fingerprint density at radius 3 is 2.43 bits per heavy atom. The van der Waals surface area contributed by atoms with Crippen LogP contribution in [0.3, 0.4) is 0 Å². The number of nitrogens with zero attached hydrogens (tertiary/aromatic N) is 1. The van der Waals surface area contributed by atoms with Crippen LogP contribution in [0.4, 0.5) is 13.2 Å². The zero-order valence-electron chi connectivity index (χ0n) is 18.3. The summed E-state index contributed by atoms with van der Waals surface area (Å²) in [5, 5.41) is 30.6. The minimum absolute atomic E-state index is 0.0193. The van der Waals surface area contributed by atoms with Crippen LogP contribution in [0.15, 0.2) is 39.5 Å². The number of benzene rings is 2. The maximum absolute atomic E-state index is 12.9. The van der Waals surface area contributed by atoms with E-state index in [0.29, 0.717) is 13.0 Å². The highest BCUT2D eigenvalue weighted by molar-refractivity contribution is 6.33. The standard InChI is InChI=1S/C23H21ClF3NO5.ClHO/c1-28-5-4-13(15(28)10-29)20-16(30)7-17(31)21-18(32)8-19(33-22(20)21)12-3-2-11(6-14(12)24)9-23(25,26)27;1-2/h2-3,6-8,13,15,29-31H,4-5,9-10H2,1H3;2H. The molecule has 1 aliphatic rings. The molecule has 1 saturated heterocycles. The normalized spacial score (nSPS) is 18.5. The van der Waals surface area contributed by atoms with Gasteiger partial charge in [-0.3, -0.25) is 9.45 Å². The molecule has 2 atom stereocenters. The number of aliphatic hydroxyl groups excluding tert-OH is 1. The third kappa shape index (κ3) is 5.52. The van der Waals surface area contributed by atoms with E-state index in [1.165, 1.54) is 12.1 Å². The van der Waals surface area contributed by atoms with Crippen LogP contribution < -0.4 is 5.43 Å². The topological polar surface area (TPSA) is 114 Å². The number of halogens is 5. The number of hydrogen-bond donors (Lipinski definition) is 4. The smallest absolute Gasteiger partial charge is 0.393 e. The van der Waals surface area contributed by atoms with Gasteiger partial charge in [0.15, 0.2) is 5.43 Å². The number of alkyl halides is 3. The molecule has 0 amide bonds. The lowest BCUT2D eigenvalue weighted by Crippen LogP contribution is -2.32. The molecule has 1 fully saturated rings. The summed E-state index contributed by atoms with van der Waals surface area (Å²) in [6.45, 7) is 0.438. The molecule has 4 rings (SSSR count). The van der Waals surface area contributed by atoms with E-state index in [0.717, 1.165) is 18.2 Å². The van der Waals surface area contributed by atoms with Gasteiger partial charge in [-0.2, -0.15) is 13.2 Å². The predicted octanol–water partition coefficient (Wildman–Crippen LogP) is 4.54. The number of aliphatic hydroxyl groups is 1. The molecule has 2 aromatic carbocycles. The van der Waals surface area contributed by atoms with Crippen LogP contribution in [0.2, 0.25) is 5.02 Å². The van der Waals surface area contributed by atoms with E-state index in [-0.39, 0.29) is 62.8 Å². The van der Waals surface area contributed by atoms with E-state index in [1.54, 1.807) is 0 Å². The highest BCUT2D eigenvalue weighted by atomic mass is 35.5. The van der Waals surface area contributed by atoms with E-state index in [2.05, 4.69) is 11.9 Å². The first kappa shape index (κ1) is 27.1. The van der Waals surface area contributed by atoms with Crippen LogP contribution in [-0.4, -0.2) is 57.3 Å². The molecule has 12 heteroatoms. The molecule has 7 nitrogen and oxygen atoms in total. The van der Waals surface area contributed by atoms with E-state index < -0.39 is 23.8 Å². The fourth-order valence-corrected chi connectivity index (χ4v) is 4.82. The highest BCUT2D eigenvalue weighted by Crippen LogP contribution is 2.44. The summed E-state index contributed by atoms with van der Waals surface area (Å²) in [6.07, 6.45) is -4.99. The van der Waals surface area contributed by atoms with Gasteiger partial charge in [-0.1, -0.05) is 17.7 Å². The monoisotopic (exact) mass is 535 g/mol. The van der Waals surface area contributed by atoms with Crippen LogP contribution in [0, 0.1) is 0 Å².